The maximum atomic E-state index is 5.84. The maximum Gasteiger partial charge on any atom is 0.129 e. The van der Waals surface area contributed by atoms with Crippen molar-refractivity contribution in [3.63, 3.8) is 0 Å². The highest BCUT2D eigenvalue weighted by molar-refractivity contribution is 9.10. The van der Waals surface area contributed by atoms with Gasteiger partial charge in [0.1, 0.15) is 11.6 Å². The van der Waals surface area contributed by atoms with Crippen LogP contribution < -0.4 is 10.5 Å². The van der Waals surface area contributed by atoms with Crippen LogP contribution in [0.25, 0.3) is 11.3 Å². The molecule has 1 aromatic heterocycles. The molecule has 0 bridgehead atoms. The van der Waals surface area contributed by atoms with Gasteiger partial charge in [-0.05, 0) is 17.7 Å². The van der Waals surface area contributed by atoms with Crippen LogP contribution in [0.3, 0.4) is 0 Å². The van der Waals surface area contributed by atoms with Crippen molar-refractivity contribution in [1.29, 1.82) is 0 Å². The molecule has 0 amide bonds. The fourth-order valence-corrected chi connectivity index (χ4v) is 2.45. The van der Waals surface area contributed by atoms with Crippen molar-refractivity contribution in [1.82, 2.24) is 9.78 Å². The van der Waals surface area contributed by atoms with E-state index in [0.717, 1.165) is 27.0 Å². The van der Waals surface area contributed by atoms with Crippen molar-refractivity contribution in [2.75, 3.05) is 20.0 Å². The van der Waals surface area contributed by atoms with Crippen LogP contribution in [0, 0.1) is 0 Å². The van der Waals surface area contributed by atoms with E-state index in [9.17, 15) is 0 Å². The first-order chi connectivity index (χ1) is 9.06. The Labute approximate surface area is 120 Å². The van der Waals surface area contributed by atoms with Gasteiger partial charge in [-0.3, -0.25) is 4.68 Å². The molecular weight excluding hydrogens is 310 g/mol. The molecule has 2 N–H and O–H groups in total. The second kappa shape index (κ2) is 5.63. The minimum atomic E-state index is 0.474. The molecule has 0 saturated heterocycles. The normalized spacial score (nSPS) is 10.7. The van der Waals surface area contributed by atoms with Crippen molar-refractivity contribution < 1.29 is 9.47 Å². The molecule has 0 unspecified atom stereocenters. The summed E-state index contributed by atoms with van der Waals surface area (Å²) in [6.07, 6.45) is 0. The van der Waals surface area contributed by atoms with Crippen molar-refractivity contribution in [3.05, 3.63) is 28.2 Å². The summed E-state index contributed by atoms with van der Waals surface area (Å²) in [7, 11) is 5.10. The van der Waals surface area contributed by atoms with Gasteiger partial charge in [-0.1, -0.05) is 15.9 Å². The summed E-state index contributed by atoms with van der Waals surface area (Å²) in [6, 6.07) is 5.72. The fraction of sp³-hybridized carbons (Fsp3) is 0.308. The first kappa shape index (κ1) is 13.9. The number of hydrogen-bond acceptors (Lipinski definition) is 4. The average Bonchev–Trinajstić information content (AvgIpc) is 2.68. The van der Waals surface area contributed by atoms with Gasteiger partial charge in [-0.2, -0.15) is 5.10 Å². The highest BCUT2D eigenvalue weighted by Gasteiger charge is 2.16. The van der Waals surface area contributed by atoms with Crippen LogP contribution in [0.1, 0.15) is 5.56 Å². The molecule has 0 radical (unpaired) electrons. The Morgan fingerprint density at radius 3 is 2.58 bits per heavy atom. The number of benzene rings is 1. The molecule has 2 rings (SSSR count). The Morgan fingerprint density at radius 2 is 2.05 bits per heavy atom. The van der Waals surface area contributed by atoms with Crippen LogP contribution in [0.2, 0.25) is 0 Å². The number of nitrogens with zero attached hydrogens (tertiary/aromatic N) is 2. The summed E-state index contributed by atoms with van der Waals surface area (Å²) in [5, 5.41) is 4.40. The third kappa shape index (κ3) is 2.74. The van der Waals surface area contributed by atoms with E-state index in [1.165, 1.54) is 0 Å². The fourth-order valence-electron chi connectivity index (χ4n) is 1.96. The van der Waals surface area contributed by atoms with Crippen LogP contribution in [0.5, 0.6) is 5.75 Å². The predicted molar refractivity (Wildman–Crippen MR) is 78.0 cm³/mol. The van der Waals surface area contributed by atoms with Crippen molar-refractivity contribution >= 4 is 21.7 Å². The highest BCUT2D eigenvalue weighted by Crippen LogP contribution is 2.36. The Bertz CT molecular complexity index is 576. The minimum Gasteiger partial charge on any atom is -0.496 e. The molecule has 19 heavy (non-hydrogen) atoms. The van der Waals surface area contributed by atoms with E-state index >= 15 is 0 Å². The number of methoxy groups -OCH3 is 2. The molecule has 0 fully saturated rings. The first-order valence-corrected chi connectivity index (χ1v) is 6.51. The smallest absolute Gasteiger partial charge is 0.129 e. The lowest BCUT2D eigenvalue weighted by atomic mass is 10.0. The van der Waals surface area contributed by atoms with E-state index < -0.39 is 0 Å². The van der Waals surface area contributed by atoms with Gasteiger partial charge in [-0.15, -0.1) is 0 Å². The highest BCUT2D eigenvalue weighted by atomic mass is 79.9. The zero-order chi connectivity index (χ0) is 14.0. The number of nitrogen functional groups attached to an aromatic ring is 1. The zero-order valence-corrected chi connectivity index (χ0v) is 12.7. The van der Waals surface area contributed by atoms with Crippen LogP contribution in [0.15, 0.2) is 22.7 Å². The molecule has 0 saturated carbocycles. The minimum absolute atomic E-state index is 0.474. The zero-order valence-electron chi connectivity index (χ0n) is 11.1. The molecule has 2 aromatic rings. The largest absolute Gasteiger partial charge is 0.496 e. The van der Waals surface area contributed by atoms with E-state index in [1.807, 2.05) is 18.2 Å². The van der Waals surface area contributed by atoms with Gasteiger partial charge in [0, 0.05) is 30.3 Å². The van der Waals surface area contributed by atoms with Gasteiger partial charge in [0.25, 0.3) is 0 Å². The molecule has 0 aliphatic carbocycles. The molecule has 0 aliphatic rings. The molecule has 0 spiro atoms. The third-order valence-corrected chi connectivity index (χ3v) is 3.30. The number of nitrogens with two attached hydrogens (primary N) is 1. The van der Waals surface area contributed by atoms with Crippen molar-refractivity contribution in [2.45, 2.75) is 6.61 Å². The Balaban J connectivity index is 2.64. The predicted octanol–water partition coefficient (Wildman–Crippen LogP) is 2.59. The van der Waals surface area contributed by atoms with Crippen LogP contribution in [-0.4, -0.2) is 24.0 Å². The van der Waals surface area contributed by atoms with Gasteiger partial charge in [0.2, 0.25) is 0 Å². The summed E-state index contributed by atoms with van der Waals surface area (Å²) in [5.74, 6) is 1.34. The van der Waals surface area contributed by atoms with Gasteiger partial charge >= 0.3 is 0 Å². The summed E-state index contributed by atoms with van der Waals surface area (Å²) in [5.41, 5.74) is 8.51. The molecule has 6 heteroatoms. The molecule has 0 aliphatic heterocycles. The number of aryl methyl sites for hydroxylation is 1. The molecule has 102 valence electrons. The number of hydrogen-bond donors (Lipinski definition) is 1. The molecule has 5 nitrogen and oxygen atoms in total. The number of aromatic nitrogens is 2. The first-order valence-electron chi connectivity index (χ1n) is 5.72. The second-order valence-corrected chi connectivity index (χ2v) is 5.07. The van der Waals surface area contributed by atoms with Crippen molar-refractivity contribution in [3.8, 4) is 17.0 Å². The van der Waals surface area contributed by atoms with E-state index in [0.29, 0.717) is 12.4 Å². The Kier molecular flexibility index (Phi) is 4.11. The number of ether oxygens (including phenoxy) is 2. The lowest BCUT2D eigenvalue weighted by Gasteiger charge is -2.12. The van der Waals surface area contributed by atoms with Crippen molar-refractivity contribution in [2.24, 2.45) is 7.05 Å². The summed E-state index contributed by atoms with van der Waals surface area (Å²) in [6.45, 7) is 0.474. The summed E-state index contributed by atoms with van der Waals surface area (Å²) < 4.78 is 13.2. The SMILES string of the molecule is COCc1cc(Br)cc(OC)c1-c1cc(N)n(C)n1. The molecule has 0 atom stereocenters. The van der Waals surface area contributed by atoms with E-state index in [2.05, 4.69) is 21.0 Å². The summed E-state index contributed by atoms with van der Waals surface area (Å²) in [4.78, 5) is 0. The molecule has 1 heterocycles. The average molecular weight is 326 g/mol. The topological polar surface area (TPSA) is 62.3 Å². The molecular formula is C13H16BrN3O2. The third-order valence-electron chi connectivity index (χ3n) is 2.84. The maximum absolute atomic E-state index is 5.84. The van der Waals surface area contributed by atoms with Gasteiger partial charge in [0.05, 0.1) is 19.4 Å². The number of rotatable bonds is 4. The van der Waals surface area contributed by atoms with E-state index in [-0.39, 0.29) is 0 Å². The second-order valence-electron chi connectivity index (χ2n) is 4.15. The number of halogens is 1. The quantitative estimate of drug-likeness (QED) is 0.938. The van der Waals surface area contributed by atoms with E-state index in [1.54, 1.807) is 25.9 Å². The lowest BCUT2D eigenvalue weighted by molar-refractivity contribution is 0.185. The van der Waals surface area contributed by atoms with Gasteiger partial charge in [-0.25, -0.2) is 0 Å². The Hall–Kier alpha value is -1.53. The monoisotopic (exact) mass is 325 g/mol. The van der Waals surface area contributed by atoms with Crippen LogP contribution in [0.4, 0.5) is 5.82 Å². The Morgan fingerprint density at radius 1 is 1.32 bits per heavy atom. The number of anilines is 1. The van der Waals surface area contributed by atoms with E-state index in [4.69, 9.17) is 15.2 Å². The van der Waals surface area contributed by atoms with Crippen LogP contribution in [-0.2, 0) is 18.4 Å². The standard InChI is InChI=1S/C13H16BrN3O2/c1-17-12(15)6-10(16-17)13-8(7-18-2)4-9(14)5-11(13)19-3/h4-6H,7,15H2,1-3H3. The van der Waals surface area contributed by atoms with Gasteiger partial charge < -0.3 is 15.2 Å². The summed E-state index contributed by atoms with van der Waals surface area (Å²) >= 11 is 3.46. The van der Waals surface area contributed by atoms with Crippen LogP contribution >= 0.6 is 15.9 Å². The molecule has 1 aromatic carbocycles. The lowest BCUT2D eigenvalue weighted by Crippen LogP contribution is -1.99. The van der Waals surface area contributed by atoms with Gasteiger partial charge in [0.15, 0.2) is 0 Å².